The number of aldehydes is 1. The van der Waals surface area contributed by atoms with Gasteiger partial charge in [0.05, 0.1) is 0 Å². The van der Waals surface area contributed by atoms with Crippen molar-refractivity contribution in [3.05, 3.63) is 65.7 Å². The summed E-state index contributed by atoms with van der Waals surface area (Å²) in [6.45, 7) is 0. The fraction of sp³-hybridized carbons (Fsp3) is 0.188. The maximum atomic E-state index is 13.5. The summed E-state index contributed by atoms with van der Waals surface area (Å²) in [6.07, 6.45) is -11.1. The van der Waals surface area contributed by atoms with E-state index >= 15 is 0 Å². The lowest BCUT2D eigenvalue weighted by atomic mass is 9.91. The number of rotatable bonds is 4. The van der Waals surface area contributed by atoms with Gasteiger partial charge < -0.3 is 4.74 Å². The predicted octanol–water partition coefficient (Wildman–Crippen LogP) is 4.90. The molecule has 0 spiro atoms. The zero-order chi connectivity index (χ0) is 18.0. The minimum Gasteiger partial charge on any atom is -0.464 e. The fourth-order valence-corrected chi connectivity index (χ4v) is 2.13. The second-order valence-corrected chi connectivity index (χ2v) is 4.83. The van der Waals surface area contributed by atoms with Gasteiger partial charge in [0.15, 0.2) is 0 Å². The van der Waals surface area contributed by atoms with Gasteiger partial charge in [0.25, 0.3) is 0 Å². The smallest absolute Gasteiger partial charge is 0.442 e. The molecule has 0 heterocycles. The maximum absolute atomic E-state index is 13.5. The van der Waals surface area contributed by atoms with Crippen LogP contribution in [0.2, 0.25) is 0 Å². The van der Waals surface area contributed by atoms with E-state index < -0.39 is 29.3 Å². The average molecular weight is 348 g/mol. The quantitative estimate of drug-likeness (QED) is 0.580. The highest BCUT2D eigenvalue weighted by Gasteiger charge is 2.74. The molecule has 0 aliphatic heterocycles. The summed E-state index contributed by atoms with van der Waals surface area (Å²) in [4.78, 5) is 10.5. The van der Waals surface area contributed by atoms with Gasteiger partial charge in [-0.3, -0.25) is 4.79 Å². The molecule has 0 saturated carbocycles. The molecule has 128 valence electrons. The number of hydrogen-bond donors (Lipinski definition) is 0. The van der Waals surface area contributed by atoms with Crippen LogP contribution in [0.15, 0.2) is 54.6 Å². The maximum Gasteiger partial charge on any atom is 0.442 e. The van der Waals surface area contributed by atoms with Crippen LogP contribution in [0.5, 0.6) is 5.75 Å². The summed E-state index contributed by atoms with van der Waals surface area (Å²) < 4.78 is 85.4. The van der Waals surface area contributed by atoms with E-state index in [1.807, 2.05) is 0 Å². The van der Waals surface area contributed by atoms with Gasteiger partial charge >= 0.3 is 18.0 Å². The number of carbonyl (C=O) groups excluding carboxylic acids is 1. The van der Waals surface area contributed by atoms with Crippen LogP contribution in [-0.2, 0) is 5.60 Å². The Morgan fingerprint density at radius 1 is 0.750 bits per heavy atom. The molecule has 0 atom stereocenters. The number of halogens is 6. The van der Waals surface area contributed by atoms with E-state index in [4.69, 9.17) is 0 Å². The summed E-state index contributed by atoms with van der Waals surface area (Å²) in [7, 11) is 0. The van der Waals surface area contributed by atoms with E-state index in [9.17, 15) is 31.1 Å². The van der Waals surface area contributed by atoms with Crippen molar-refractivity contribution < 1.29 is 35.9 Å². The highest BCUT2D eigenvalue weighted by Crippen LogP contribution is 2.52. The SMILES string of the molecule is O=Cc1ccc(OC(c2ccccc2)(C(F)(F)F)C(F)(F)F)cc1. The lowest BCUT2D eigenvalue weighted by Crippen LogP contribution is -2.58. The van der Waals surface area contributed by atoms with Crippen molar-refractivity contribution >= 4 is 6.29 Å². The van der Waals surface area contributed by atoms with Crippen molar-refractivity contribution in [2.24, 2.45) is 0 Å². The van der Waals surface area contributed by atoms with Crippen LogP contribution in [0.4, 0.5) is 26.3 Å². The Morgan fingerprint density at radius 2 is 1.25 bits per heavy atom. The summed E-state index contributed by atoms with van der Waals surface area (Å²) in [5.41, 5.74) is -5.53. The van der Waals surface area contributed by atoms with E-state index in [0.29, 0.717) is 18.4 Å². The van der Waals surface area contributed by atoms with Crippen LogP contribution in [0.3, 0.4) is 0 Å². The zero-order valence-electron chi connectivity index (χ0n) is 11.9. The van der Waals surface area contributed by atoms with Gasteiger partial charge in [0.1, 0.15) is 12.0 Å². The van der Waals surface area contributed by atoms with Crippen LogP contribution in [0, 0.1) is 0 Å². The van der Waals surface area contributed by atoms with E-state index in [-0.39, 0.29) is 5.56 Å². The lowest BCUT2D eigenvalue weighted by Gasteiger charge is -2.37. The number of carbonyl (C=O) groups is 1. The molecule has 0 fully saturated rings. The Labute approximate surface area is 132 Å². The van der Waals surface area contributed by atoms with Crippen molar-refractivity contribution in [3.63, 3.8) is 0 Å². The molecule has 8 heteroatoms. The van der Waals surface area contributed by atoms with Gasteiger partial charge in [-0.05, 0) is 24.3 Å². The minimum atomic E-state index is -5.77. The van der Waals surface area contributed by atoms with Gasteiger partial charge in [-0.25, -0.2) is 0 Å². The number of hydrogen-bond acceptors (Lipinski definition) is 2. The van der Waals surface area contributed by atoms with Crippen LogP contribution < -0.4 is 4.74 Å². The fourth-order valence-electron chi connectivity index (χ4n) is 2.13. The molecule has 0 amide bonds. The second-order valence-electron chi connectivity index (χ2n) is 4.83. The van der Waals surface area contributed by atoms with Gasteiger partial charge in [-0.15, -0.1) is 0 Å². The number of alkyl halides is 6. The van der Waals surface area contributed by atoms with E-state index in [1.165, 1.54) is 6.07 Å². The molecule has 0 aliphatic carbocycles. The Bertz CT molecular complexity index is 675. The van der Waals surface area contributed by atoms with Crippen molar-refractivity contribution in [3.8, 4) is 5.75 Å². The molecule has 2 aromatic rings. The largest absolute Gasteiger partial charge is 0.464 e. The third kappa shape index (κ3) is 3.08. The first-order valence-corrected chi connectivity index (χ1v) is 6.55. The van der Waals surface area contributed by atoms with E-state index in [2.05, 4.69) is 4.74 Å². The summed E-state index contributed by atoms with van der Waals surface area (Å²) in [6, 6.07) is 8.66. The van der Waals surface area contributed by atoms with E-state index in [0.717, 1.165) is 36.4 Å². The molecule has 0 saturated heterocycles. The normalized spacial score (nSPS) is 12.8. The van der Waals surface area contributed by atoms with Gasteiger partial charge in [0, 0.05) is 11.1 Å². The summed E-state index contributed by atoms with van der Waals surface area (Å²) >= 11 is 0. The molecule has 0 N–H and O–H groups in total. The molecule has 2 aromatic carbocycles. The first kappa shape index (κ1) is 17.8. The van der Waals surface area contributed by atoms with Crippen molar-refractivity contribution in [1.82, 2.24) is 0 Å². The molecule has 0 unspecified atom stereocenters. The van der Waals surface area contributed by atoms with E-state index in [1.54, 1.807) is 0 Å². The summed E-state index contributed by atoms with van der Waals surface area (Å²) in [5, 5.41) is 0. The number of ether oxygens (including phenoxy) is 1. The van der Waals surface area contributed by atoms with Gasteiger partial charge in [0.2, 0.25) is 0 Å². The molecule has 24 heavy (non-hydrogen) atoms. The second kappa shape index (κ2) is 6.18. The average Bonchev–Trinajstić information content (AvgIpc) is 2.51. The number of benzene rings is 2. The van der Waals surface area contributed by atoms with Crippen LogP contribution >= 0.6 is 0 Å². The van der Waals surface area contributed by atoms with Gasteiger partial charge in [-0.1, -0.05) is 30.3 Å². The molecule has 2 nitrogen and oxygen atoms in total. The Hall–Kier alpha value is -2.51. The monoisotopic (exact) mass is 348 g/mol. The zero-order valence-corrected chi connectivity index (χ0v) is 11.9. The first-order chi connectivity index (χ1) is 11.1. The Morgan fingerprint density at radius 3 is 1.67 bits per heavy atom. The standard InChI is InChI=1S/C16H10F6O2/c17-15(18,19)14(16(20,21)22,12-4-2-1-3-5-12)24-13-8-6-11(10-23)7-9-13/h1-10H. The third-order valence-electron chi connectivity index (χ3n) is 3.27. The third-order valence-corrected chi connectivity index (χ3v) is 3.27. The van der Waals surface area contributed by atoms with Gasteiger partial charge in [-0.2, -0.15) is 26.3 Å². The highest BCUT2D eigenvalue weighted by molar-refractivity contribution is 5.74. The van der Waals surface area contributed by atoms with Crippen LogP contribution in [0.25, 0.3) is 0 Å². The van der Waals surface area contributed by atoms with Crippen LogP contribution in [0.1, 0.15) is 15.9 Å². The Kier molecular flexibility index (Phi) is 4.59. The molecular formula is C16H10F6O2. The highest BCUT2D eigenvalue weighted by atomic mass is 19.4. The van der Waals surface area contributed by atoms with Crippen LogP contribution in [-0.4, -0.2) is 18.6 Å². The molecule has 0 aliphatic rings. The predicted molar refractivity (Wildman–Crippen MR) is 72.7 cm³/mol. The van der Waals surface area contributed by atoms with Crippen molar-refractivity contribution in [2.75, 3.05) is 0 Å². The van der Waals surface area contributed by atoms with Crippen molar-refractivity contribution in [2.45, 2.75) is 18.0 Å². The Balaban J connectivity index is 2.63. The first-order valence-electron chi connectivity index (χ1n) is 6.55. The molecule has 0 bridgehead atoms. The lowest BCUT2D eigenvalue weighted by molar-refractivity contribution is -0.365. The minimum absolute atomic E-state index is 0.0895. The molecular weight excluding hydrogens is 338 g/mol. The summed E-state index contributed by atoms with van der Waals surface area (Å²) in [5.74, 6) is -0.667. The molecule has 0 radical (unpaired) electrons. The molecule has 0 aromatic heterocycles. The molecule has 2 rings (SSSR count). The van der Waals surface area contributed by atoms with Crippen molar-refractivity contribution in [1.29, 1.82) is 0 Å². The topological polar surface area (TPSA) is 26.3 Å².